The smallest absolute Gasteiger partial charge is 0.241 e. The third kappa shape index (κ3) is 3.39. The van der Waals surface area contributed by atoms with E-state index in [2.05, 4.69) is 9.71 Å². The second-order valence-electron chi connectivity index (χ2n) is 5.58. The molecule has 1 N–H and O–H groups in total. The van der Waals surface area contributed by atoms with E-state index < -0.39 is 10.0 Å². The first kappa shape index (κ1) is 16.4. The van der Waals surface area contributed by atoms with Gasteiger partial charge in [0.2, 0.25) is 10.0 Å². The Morgan fingerprint density at radius 3 is 2.67 bits per heavy atom. The zero-order valence-electron chi connectivity index (χ0n) is 13.5. The number of sulfonamides is 1. The summed E-state index contributed by atoms with van der Waals surface area (Å²) < 4.78 is 33.2. The molecular formula is C18H18N2O3S. The molecule has 0 spiro atoms. The van der Waals surface area contributed by atoms with E-state index in [9.17, 15) is 8.42 Å². The van der Waals surface area contributed by atoms with Crippen molar-refractivity contribution in [1.29, 1.82) is 0 Å². The lowest BCUT2D eigenvalue weighted by Crippen LogP contribution is -2.24. The van der Waals surface area contributed by atoms with Crippen LogP contribution in [-0.2, 0) is 16.6 Å². The number of aryl methyl sites for hydroxylation is 2. The van der Waals surface area contributed by atoms with E-state index in [1.807, 2.05) is 19.1 Å². The van der Waals surface area contributed by atoms with Crippen molar-refractivity contribution in [2.75, 3.05) is 0 Å². The molecule has 0 amide bonds. The summed E-state index contributed by atoms with van der Waals surface area (Å²) in [6, 6.07) is 12.4. The molecule has 0 saturated carbocycles. The Hall–Kier alpha value is -2.44. The number of furan rings is 1. The highest BCUT2D eigenvalue weighted by Crippen LogP contribution is 2.22. The summed E-state index contributed by atoms with van der Waals surface area (Å²) in [5.41, 5.74) is 3.13. The normalized spacial score (nSPS) is 11.6. The summed E-state index contributed by atoms with van der Waals surface area (Å²) in [5, 5.41) is 0. The Bertz CT molecular complexity index is 948. The molecule has 0 atom stereocenters. The number of aromatic nitrogens is 1. The summed E-state index contributed by atoms with van der Waals surface area (Å²) in [5.74, 6) is 0.608. The number of nitrogens with zero attached hydrogens (tertiary/aromatic N) is 1. The topological polar surface area (TPSA) is 72.2 Å². The molecule has 6 heteroatoms. The third-order valence-electron chi connectivity index (χ3n) is 3.72. The molecule has 3 rings (SSSR count). The maximum atomic E-state index is 12.6. The summed E-state index contributed by atoms with van der Waals surface area (Å²) in [7, 11) is -3.60. The van der Waals surface area contributed by atoms with E-state index in [0.717, 1.165) is 16.7 Å². The van der Waals surface area contributed by atoms with Gasteiger partial charge in [0.1, 0.15) is 5.69 Å². The molecule has 3 aromatic rings. The Labute approximate surface area is 141 Å². The standard InChI is InChI=1S/C18H18N2O3S/c1-13-7-8-17(14(2)11-13)24(21,22)20-12-15-5-3-9-19-18(15)16-6-4-10-23-16/h3-11,20H,12H2,1-2H3. The van der Waals surface area contributed by atoms with Crippen LogP contribution in [0.5, 0.6) is 0 Å². The molecule has 2 heterocycles. The van der Waals surface area contributed by atoms with Gasteiger partial charge in [0.25, 0.3) is 0 Å². The van der Waals surface area contributed by atoms with Crippen LogP contribution in [0, 0.1) is 13.8 Å². The zero-order valence-corrected chi connectivity index (χ0v) is 14.3. The van der Waals surface area contributed by atoms with Crippen molar-refractivity contribution in [3.05, 3.63) is 71.6 Å². The lowest BCUT2D eigenvalue weighted by Gasteiger charge is -2.11. The number of nitrogens with one attached hydrogen (secondary N) is 1. The first-order valence-electron chi connectivity index (χ1n) is 7.52. The van der Waals surface area contributed by atoms with Gasteiger partial charge >= 0.3 is 0 Å². The van der Waals surface area contributed by atoms with Crippen LogP contribution in [0.25, 0.3) is 11.5 Å². The van der Waals surface area contributed by atoms with Crippen LogP contribution in [0.3, 0.4) is 0 Å². The molecule has 0 bridgehead atoms. The van der Waals surface area contributed by atoms with E-state index in [4.69, 9.17) is 4.42 Å². The molecular weight excluding hydrogens is 324 g/mol. The fraction of sp³-hybridized carbons (Fsp3) is 0.167. The fourth-order valence-electron chi connectivity index (χ4n) is 2.57. The average Bonchev–Trinajstić information content (AvgIpc) is 3.07. The highest BCUT2D eigenvalue weighted by atomic mass is 32.2. The molecule has 0 aliphatic carbocycles. The molecule has 124 valence electrons. The van der Waals surface area contributed by atoms with Gasteiger partial charge in [-0.15, -0.1) is 0 Å². The van der Waals surface area contributed by atoms with Crippen LogP contribution in [-0.4, -0.2) is 13.4 Å². The van der Waals surface area contributed by atoms with E-state index in [1.165, 1.54) is 0 Å². The summed E-state index contributed by atoms with van der Waals surface area (Å²) >= 11 is 0. The second kappa shape index (κ2) is 6.59. The van der Waals surface area contributed by atoms with Gasteiger partial charge in [-0.2, -0.15) is 0 Å². The van der Waals surface area contributed by atoms with Crippen LogP contribution in [0.1, 0.15) is 16.7 Å². The largest absolute Gasteiger partial charge is 0.463 e. The van der Waals surface area contributed by atoms with Crippen LogP contribution < -0.4 is 4.72 Å². The van der Waals surface area contributed by atoms with E-state index >= 15 is 0 Å². The van der Waals surface area contributed by atoms with Gasteiger partial charge in [0.05, 0.1) is 11.2 Å². The van der Waals surface area contributed by atoms with Gasteiger partial charge in [0.15, 0.2) is 5.76 Å². The molecule has 2 aromatic heterocycles. The van der Waals surface area contributed by atoms with Gasteiger partial charge in [-0.25, -0.2) is 13.1 Å². The fourth-order valence-corrected chi connectivity index (χ4v) is 3.80. The Morgan fingerprint density at radius 2 is 1.96 bits per heavy atom. The maximum absolute atomic E-state index is 12.6. The maximum Gasteiger partial charge on any atom is 0.241 e. The predicted molar refractivity (Wildman–Crippen MR) is 91.9 cm³/mol. The number of benzene rings is 1. The second-order valence-corrected chi connectivity index (χ2v) is 7.32. The molecule has 5 nitrogen and oxygen atoms in total. The average molecular weight is 342 g/mol. The molecule has 0 fully saturated rings. The lowest BCUT2D eigenvalue weighted by molar-refractivity contribution is 0.575. The van der Waals surface area contributed by atoms with Crippen molar-refractivity contribution >= 4 is 10.0 Å². The highest BCUT2D eigenvalue weighted by molar-refractivity contribution is 7.89. The van der Waals surface area contributed by atoms with E-state index in [0.29, 0.717) is 11.5 Å². The van der Waals surface area contributed by atoms with Crippen LogP contribution in [0.2, 0.25) is 0 Å². The molecule has 0 radical (unpaired) electrons. The van der Waals surface area contributed by atoms with Crippen LogP contribution in [0.4, 0.5) is 0 Å². The molecule has 0 unspecified atom stereocenters. The van der Waals surface area contributed by atoms with Gasteiger partial charge in [-0.1, -0.05) is 23.8 Å². The molecule has 0 aliphatic heterocycles. The monoisotopic (exact) mass is 342 g/mol. The van der Waals surface area contributed by atoms with Crippen molar-refractivity contribution in [1.82, 2.24) is 9.71 Å². The van der Waals surface area contributed by atoms with E-state index in [-0.39, 0.29) is 11.4 Å². The molecule has 24 heavy (non-hydrogen) atoms. The van der Waals surface area contributed by atoms with Crippen molar-refractivity contribution in [3.63, 3.8) is 0 Å². The minimum atomic E-state index is -3.60. The number of hydrogen-bond acceptors (Lipinski definition) is 4. The third-order valence-corrected chi connectivity index (χ3v) is 5.28. The minimum Gasteiger partial charge on any atom is -0.463 e. The number of rotatable bonds is 5. The zero-order chi connectivity index (χ0) is 17.2. The van der Waals surface area contributed by atoms with Crippen molar-refractivity contribution < 1.29 is 12.8 Å². The lowest BCUT2D eigenvalue weighted by atomic mass is 10.1. The quantitative estimate of drug-likeness (QED) is 0.771. The van der Waals surface area contributed by atoms with Crippen molar-refractivity contribution in [2.24, 2.45) is 0 Å². The summed E-state index contributed by atoms with van der Waals surface area (Å²) in [6.45, 7) is 3.86. The number of hydrogen-bond donors (Lipinski definition) is 1. The first-order valence-corrected chi connectivity index (χ1v) is 9.00. The molecule has 0 aliphatic rings. The van der Waals surface area contributed by atoms with Crippen molar-refractivity contribution in [3.8, 4) is 11.5 Å². The van der Waals surface area contributed by atoms with E-state index in [1.54, 1.807) is 49.7 Å². The van der Waals surface area contributed by atoms with Gasteiger partial charge in [-0.05, 0) is 49.2 Å². The Morgan fingerprint density at radius 1 is 1.12 bits per heavy atom. The van der Waals surface area contributed by atoms with Gasteiger partial charge in [0, 0.05) is 12.7 Å². The highest BCUT2D eigenvalue weighted by Gasteiger charge is 2.18. The SMILES string of the molecule is Cc1ccc(S(=O)(=O)NCc2cccnc2-c2ccco2)c(C)c1. The van der Waals surface area contributed by atoms with Gasteiger partial charge in [-0.3, -0.25) is 4.98 Å². The minimum absolute atomic E-state index is 0.138. The Kier molecular flexibility index (Phi) is 4.51. The van der Waals surface area contributed by atoms with Crippen LogP contribution >= 0.6 is 0 Å². The Balaban J connectivity index is 1.86. The molecule has 1 aromatic carbocycles. The molecule has 0 saturated heterocycles. The summed E-state index contributed by atoms with van der Waals surface area (Å²) in [4.78, 5) is 4.58. The van der Waals surface area contributed by atoms with Gasteiger partial charge < -0.3 is 4.42 Å². The number of pyridine rings is 1. The first-order chi connectivity index (χ1) is 11.5. The van der Waals surface area contributed by atoms with Crippen molar-refractivity contribution in [2.45, 2.75) is 25.3 Å². The predicted octanol–water partition coefficient (Wildman–Crippen LogP) is 3.44. The summed E-state index contributed by atoms with van der Waals surface area (Å²) in [6.07, 6.45) is 3.22. The van der Waals surface area contributed by atoms with Crippen LogP contribution in [0.15, 0.2) is 64.2 Å².